The van der Waals surface area contributed by atoms with Crippen LogP contribution >= 0.6 is 11.6 Å². The number of hydrogen-bond donors (Lipinski definition) is 2. The van der Waals surface area contributed by atoms with Gasteiger partial charge in [0.25, 0.3) is 0 Å². The summed E-state index contributed by atoms with van der Waals surface area (Å²) in [6.07, 6.45) is 3.30. The average Bonchev–Trinajstić information content (AvgIpc) is 2.95. The normalized spacial score (nSPS) is 12.4. The molecule has 2 aromatic rings. The maximum absolute atomic E-state index is 11.8. The smallest absolute Gasteiger partial charge is 0.323 e. The van der Waals surface area contributed by atoms with Gasteiger partial charge in [-0.1, -0.05) is 23.7 Å². The van der Waals surface area contributed by atoms with Gasteiger partial charge < -0.3 is 20.1 Å². The van der Waals surface area contributed by atoms with E-state index in [1.807, 2.05) is 12.1 Å². The monoisotopic (exact) mass is 316 g/mol. The molecule has 0 spiro atoms. The van der Waals surface area contributed by atoms with Gasteiger partial charge >= 0.3 is 6.03 Å². The molecule has 1 heterocycles. The SMILES string of the molecule is O=C(N/C=C/c1cccc(Cl)c1)Nc1ccc2c(c1)OCO2. The highest BCUT2D eigenvalue weighted by atomic mass is 35.5. The van der Waals surface area contributed by atoms with Gasteiger partial charge in [0.15, 0.2) is 11.5 Å². The van der Waals surface area contributed by atoms with E-state index in [4.69, 9.17) is 21.1 Å². The van der Waals surface area contributed by atoms with E-state index in [-0.39, 0.29) is 12.8 Å². The number of ether oxygens (including phenoxy) is 2. The van der Waals surface area contributed by atoms with Gasteiger partial charge in [-0.15, -0.1) is 0 Å². The van der Waals surface area contributed by atoms with Gasteiger partial charge in [-0.3, -0.25) is 0 Å². The van der Waals surface area contributed by atoms with Crippen molar-refractivity contribution in [3.8, 4) is 11.5 Å². The molecule has 5 nitrogen and oxygen atoms in total. The summed E-state index contributed by atoms with van der Waals surface area (Å²) in [5.74, 6) is 1.29. The molecule has 0 atom stereocenters. The Balaban J connectivity index is 1.56. The van der Waals surface area contributed by atoms with E-state index in [9.17, 15) is 4.79 Å². The summed E-state index contributed by atoms with van der Waals surface area (Å²) in [5, 5.41) is 5.97. The van der Waals surface area contributed by atoms with Crippen LogP contribution in [0.4, 0.5) is 10.5 Å². The fourth-order valence-corrected chi connectivity index (χ4v) is 2.16. The van der Waals surface area contributed by atoms with Crippen molar-refractivity contribution in [2.24, 2.45) is 0 Å². The van der Waals surface area contributed by atoms with Gasteiger partial charge in [-0.05, 0) is 35.9 Å². The standard InChI is InChI=1S/C16H13ClN2O3/c17-12-3-1-2-11(8-12)6-7-18-16(20)19-13-4-5-14-15(9-13)22-10-21-14/h1-9H,10H2,(H2,18,19,20)/b7-6+. The van der Waals surface area contributed by atoms with Crippen LogP contribution in [-0.2, 0) is 0 Å². The predicted molar refractivity (Wildman–Crippen MR) is 85.2 cm³/mol. The Bertz CT molecular complexity index is 731. The first-order valence-electron chi connectivity index (χ1n) is 6.60. The van der Waals surface area contributed by atoms with Gasteiger partial charge in [0.1, 0.15) is 0 Å². The second-order valence-electron chi connectivity index (χ2n) is 4.55. The largest absolute Gasteiger partial charge is 0.454 e. The third kappa shape index (κ3) is 3.51. The summed E-state index contributed by atoms with van der Waals surface area (Å²) < 4.78 is 10.5. The molecule has 22 heavy (non-hydrogen) atoms. The molecule has 0 radical (unpaired) electrons. The number of amides is 2. The van der Waals surface area contributed by atoms with Crippen molar-refractivity contribution in [1.29, 1.82) is 0 Å². The minimum Gasteiger partial charge on any atom is -0.454 e. The molecule has 1 aliphatic heterocycles. The number of hydrogen-bond acceptors (Lipinski definition) is 3. The second-order valence-corrected chi connectivity index (χ2v) is 4.99. The molecule has 0 aliphatic carbocycles. The molecule has 3 rings (SSSR count). The Morgan fingerprint density at radius 1 is 1.14 bits per heavy atom. The van der Waals surface area contributed by atoms with E-state index in [1.54, 1.807) is 42.6 Å². The van der Waals surface area contributed by atoms with Crippen LogP contribution < -0.4 is 20.1 Å². The highest BCUT2D eigenvalue weighted by Crippen LogP contribution is 2.34. The number of urea groups is 1. The maximum Gasteiger partial charge on any atom is 0.323 e. The van der Waals surface area contributed by atoms with Crippen molar-refractivity contribution >= 4 is 29.4 Å². The lowest BCUT2D eigenvalue weighted by Gasteiger charge is -2.05. The number of rotatable bonds is 3. The quantitative estimate of drug-likeness (QED) is 0.904. The Morgan fingerprint density at radius 3 is 2.86 bits per heavy atom. The Hall–Kier alpha value is -2.66. The molecular formula is C16H13ClN2O3. The summed E-state index contributed by atoms with van der Waals surface area (Å²) >= 11 is 5.88. The third-order valence-electron chi connectivity index (χ3n) is 2.97. The minimum absolute atomic E-state index is 0.202. The maximum atomic E-state index is 11.8. The van der Waals surface area contributed by atoms with Crippen LogP contribution in [0.3, 0.4) is 0 Å². The molecule has 0 aromatic heterocycles. The summed E-state index contributed by atoms with van der Waals surface area (Å²) in [6.45, 7) is 0.202. The van der Waals surface area contributed by atoms with Crippen LogP contribution in [0, 0.1) is 0 Å². The number of halogens is 1. The van der Waals surface area contributed by atoms with Gasteiger partial charge in [-0.2, -0.15) is 0 Å². The van der Waals surface area contributed by atoms with Crippen molar-refractivity contribution in [3.05, 3.63) is 59.3 Å². The van der Waals surface area contributed by atoms with Gasteiger partial charge in [-0.25, -0.2) is 4.79 Å². The first-order chi connectivity index (χ1) is 10.7. The lowest BCUT2D eigenvalue weighted by Crippen LogP contribution is -2.23. The Morgan fingerprint density at radius 2 is 2.00 bits per heavy atom. The molecule has 0 saturated carbocycles. The van der Waals surface area contributed by atoms with Crippen LogP contribution in [0.2, 0.25) is 5.02 Å². The highest BCUT2D eigenvalue weighted by Gasteiger charge is 2.13. The lowest BCUT2D eigenvalue weighted by atomic mass is 10.2. The van der Waals surface area contributed by atoms with E-state index >= 15 is 0 Å². The van der Waals surface area contributed by atoms with Crippen LogP contribution in [0.25, 0.3) is 6.08 Å². The van der Waals surface area contributed by atoms with E-state index < -0.39 is 0 Å². The molecule has 112 valence electrons. The summed E-state index contributed by atoms with van der Waals surface area (Å²) in [5.41, 5.74) is 1.52. The van der Waals surface area contributed by atoms with Crippen LogP contribution in [-0.4, -0.2) is 12.8 Å². The lowest BCUT2D eigenvalue weighted by molar-refractivity contribution is 0.174. The fourth-order valence-electron chi connectivity index (χ4n) is 1.97. The van der Waals surface area contributed by atoms with Crippen molar-refractivity contribution in [3.63, 3.8) is 0 Å². The average molecular weight is 317 g/mol. The van der Waals surface area contributed by atoms with E-state index in [0.29, 0.717) is 22.2 Å². The predicted octanol–water partition coefficient (Wildman–Crippen LogP) is 3.86. The highest BCUT2D eigenvalue weighted by molar-refractivity contribution is 6.30. The number of carbonyl (C=O) groups is 1. The topological polar surface area (TPSA) is 59.6 Å². The molecule has 2 aromatic carbocycles. The van der Waals surface area contributed by atoms with Crippen molar-refractivity contribution in [2.75, 3.05) is 12.1 Å². The van der Waals surface area contributed by atoms with E-state index in [0.717, 1.165) is 5.56 Å². The zero-order chi connectivity index (χ0) is 15.4. The molecule has 1 aliphatic rings. The summed E-state index contributed by atoms with van der Waals surface area (Å²) in [6, 6.07) is 12.2. The molecule has 2 N–H and O–H groups in total. The first kappa shape index (κ1) is 14.3. The minimum atomic E-state index is -0.350. The van der Waals surface area contributed by atoms with Crippen LogP contribution in [0.15, 0.2) is 48.7 Å². The first-order valence-corrected chi connectivity index (χ1v) is 6.98. The number of benzene rings is 2. The zero-order valence-corrected chi connectivity index (χ0v) is 12.3. The third-order valence-corrected chi connectivity index (χ3v) is 3.20. The molecule has 2 amide bonds. The molecule has 0 unspecified atom stereocenters. The molecule has 0 saturated heterocycles. The number of carbonyl (C=O) groups excluding carboxylic acids is 1. The molecule has 0 bridgehead atoms. The van der Waals surface area contributed by atoms with E-state index in [2.05, 4.69) is 10.6 Å². The second kappa shape index (κ2) is 6.41. The number of anilines is 1. The Labute approximate surface area is 132 Å². The van der Waals surface area contributed by atoms with Gasteiger partial charge in [0.05, 0.1) is 0 Å². The van der Waals surface area contributed by atoms with Crippen molar-refractivity contribution in [2.45, 2.75) is 0 Å². The summed E-state index contributed by atoms with van der Waals surface area (Å²) in [7, 11) is 0. The van der Waals surface area contributed by atoms with Crippen molar-refractivity contribution < 1.29 is 14.3 Å². The molecule has 6 heteroatoms. The molecular weight excluding hydrogens is 304 g/mol. The molecule has 0 fully saturated rings. The number of fused-ring (bicyclic) bond motifs is 1. The van der Waals surface area contributed by atoms with Gasteiger partial charge in [0, 0.05) is 23.0 Å². The fraction of sp³-hybridized carbons (Fsp3) is 0.0625. The summed E-state index contributed by atoms with van der Waals surface area (Å²) in [4.78, 5) is 11.8. The van der Waals surface area contributed by atoms with Crippen LogP contribution in [0.5, 0.6) is 11.5 Å². The zero-order valence-electron chi connectivity index (χ0n) is 11.5. The Kier molecular flexibility index (Phi) is 4.16. The number of nitrogens with one attached hydrogen (secondary N) is 2. The van der Waals surface area contributed by atoms with Gasteiger partial charge in [0.2, 0.25) is 6.79 Å². The van der Waals surface area contributed by atoms with Crippen molar-refractivity contribution in [1.82, 2.24) is 5.32 Å². The van der Waals surface area contributed by atoms with E-state index in [1.165, 1.54) is 0 Å². The van der Waals surface area contributed by atoms with Crippen LogP contribution in [0.1, 0.15) is 5.56 Å².